The Morgan fingerprint density at radius 2 is 1.44 bits per heavy atom. The van der Waals surface area contributed by atoms with Gasteiger partial charge < -0.3 is 81.2 Å². The maximum atomic E-state index is 14.6. The maximum absolute atomic E-state index is 14.6. The Morgan fingerprint density at radius 3 is 2.09 bits per heavy atom. The van der Waals surface area contributed by atoms with Crippen LogP contribution < -0.4 is 66.3 Å². The molecule has 2 saturated heterocycles. The van der Waals surface area contributed by atoms with E-state index < -0.39 is 140 Å². The summed E-state index contributed by atoms with van der Waals surface area (Å²) in [7, 11) is 2.00. The molecule has 0 saturated carbocycles. The van der Waals surface area contributed by atoms with Gasteiger partial charge in [-0.2, -0.15) is 0 Å². The smallest absolute Gasteiger partial charge is 0.246 e. The van der Waals surface area contributed by atoms with Crippen molar-refractivity contribution >= 4 is 92.5 Å². The van der Waals surface area contributed by atoms with Crippen LogP contribution in [-0.2, 0) is 65.7 Å². The standard InChI is InChI=1S/C46H65N15O12S2/c47-28-23-74-75-24-33(45(73)61-17-5-9-34(61)43(71)56-29(8-4-16-53-46(51)52)40(68)54-20-37(50)65)59-42(70)31(19-36(49)64)57-41(69)30(14-15-35(48)63)55-38(66)22-60(21-26-6-2-1-3-7-26)44(72)32(58-39(28)67)18-25-10-12-27(62)13-11-25/h1-3,6-7,10-13,28-34,62H,4-5,8-9,14-24,47H2,(H2,48,63)(H2,49,64)(H2,50,65)(H,54,68)(H,55,66)(H,56,71)(H,57,69)(H,58,67)(H,59,70)(H4,51,52,53)/t28-,29+,30+,31+,32+,33+,34+/m1/s1. The van der Waals surface area contributed by atoms with Gasteiger partial charge in [0.2, 0.25) is 65.0 Å². The molecule has 2 aliphatic heterocycles. The van der Waals surface area contributed by atoms with Crippen LogP contribution in [0.15, 0.2) is 59.6 Å². The molecule has 7 atom stereocenters. The lowest BCUT2D eigenvalue weighted by atomic mass is 10.0. The van der Waals surface area contributed by atoms with E-state index in [9.17, 15) is 57.8 Å². The Bertz CT molecular complexity index is 2420. The third kappa shape index (κ3) is 20.3. The van der Waals surface area contributed by atoms with Gasteiger partial charge in [0.1, 0.15) is 42.0 Å². The summed E-state index contributed by atoms with van der Waals surface area (Å²) in [5.41, 5.74) is 34.4. The molecule has 27 nitrogen and oxygen atoms in total. The van der Waals surface area contributed by atoms with E-state index in [-0.39, 0.29) is 68.5 Å². The maximum Gasteiger partial charge on any atom is 0.246 e. The van der Waals surface area contributed by atoms with Gasteiger partial charge in [0.15, 0.2) is 5.96 Å². The molecule has 0 radical (unpaired) electrons. The number of nitrogens with two attached hydrogens (primary N) is 6. The topological polar surface area (TPSA) is 455 Å². The monoisotopic (exact) mass is 1080 g/mol. The number of benzene rings is 2. The Kier molecular flexibility index (Phi) is 23.9. The van der Waals surface area contributed by atoms with Crippen molar-refractivity contribution in [1.29, 1.82) is 0 Å². The first-order chi connectivity index (χ1) is 35.6. The molecule has 2 heterocycles. The van der Waals surface area contributed by atoms with E-state index in [0.717, 1.165) is 26.5 Å². The number of carbonyl (C=O) groups is 11. The minimum Gasteiger partial charge on any atom is -0.508 e. The molecule has 2 aromatic rings. The Labute approximate surface area is 439 Å². The van der Waals surface area contributed by atoms with Gasteiger partial charge in [0, 0.05) is 44.0 Å². The average molecular weight is 1080 g/mol. The molecule has 0 bridgehead atoms. The van der Waals surface area contributed by atoms with Gasteiger partial charge in [0.25, 0.3) is 0 Å². The number of rotatable bonds is 19. The van der Waals surface area contributed by atoms with E-state index in [1.807, 2.05) is 0 Å². The van der Waals surface area contributed by atoms with Crippen molar-refractivity contribution in [2.24, 2.45) is 39.4 Å². The summed E-state index contributed by atoms with van der Waals surface area (Å²) < 4.78 is 0. The largest absolute Gasteiger partial charge is 0.508 e. The van der Waals surface area contributed by atoms with Crippen LogP contribution in [0.4, 0.5) is 0 Å². The molecule has 2 aliphatic rings. The van der Waals surface area contributed by atoms with Gasteiger partial charge in [0.05, 0.1) is 25.6 Å². The fourth-order valence-corrected chi connectivity index (χ4v) is 10.1. The van der Waals surface area contributed by atoms with Gasteiger partial charge in [-0.25, -0.2) is 0 Å². The van der Waals surface area contributed by atoms with Crippen molar-refractivity contribution in [2.45, 2.75) is 100 Å². The molecule has 0 unspecified atom stereocenters. The van der Waals surface area contributed by atoms with E-state index in [1.54, 1.807) is 30.3 Å². The van der Waals surface area contributed by atoms with Crippen molar-refractivity contribution in [2.75, 3.05) is 37.7 Å². The minimum absolute atomic E-state index is 0.00259. The Hall–Kier alpha value is -7.66. The number of nitrogens with zero attached hydrogens (tertiary/aromatic N) is 3. The van der Waals surface area contributed by atoms with Crippen LogP contribution in [0.5, 0.6) is 5.75 Å². The van der Waals surface area contributed by atoms with E-state index in [2.05, 4.69) is 36.9 Å². The predicted molar refractivity (Wildman–Crippen MR) is 275 cm³/mol. The lowest BCUT2D eigenvalue weighted by Crippen LogP contribution is -2.60. The van der Waals surface area contributed by atoms with Crippen LogP contribution >= 0.6 is 21.6 Å². The van der Waals surface area contributed by atoms with E-state index >= 15 is 0 Å². The second-order valence-electron chi connectivity index (χ2n) is 17.6. The van der Waals surface area contributed by atoms with Crippen LogP contribution in [-0.4, -0.2) is 166 Å². The molecular formula is C46H65N15O12S2. The number of aliphatic imine (C=N–C) groups is 1. The normalized spacial score (nSPS) is 21.7. The highest BCUT2D eigenvalue weighted by atomic mass is 33.1. The molecule has 19 N–H and O–H groups in total. The highest BCUT2D eigenvalue weighted by molar-refractivity contribution is 8.76. The van der Waals surface area contributed by atoms with E-state index in [0.29, 0.717) is 17.5 Å². The van der Waals surface area contributed by atoms with Gasteiger partial charge in [-0.1, -0.05) is 64.1 Å². The summed E-state index contributed by atoms with van der Waals surface area (Å²) in [4.78, 5) is 154. The average Bonchev–Trinajstić information content (AvgIpc) is 3.86. The number of hydrogen-bond donors (Lipinski definition) is 13. The first-order valence-electron chi connectivity index (χ1n) is 23.7. The molecule has 2 fully saturated rings. The number of nitrogens with one attached hydrogen (secondary N) is 6. The highest BCUT2D eigenvalue weighted by Gasteiger charge is 2.40. The summed E-state index contributed by atoms with van der Waals surface area (Å²) in [6.07, 6.45) is -1.18. The summed E-state index contributed by atoms with van der Waals surface area (Å²) in [5.74, 6) is -10.3. The van der Waals surface area contributed by atoms with Crippen LogP contribution in [0.1, 0.15) is 56.1 Å². The number of phenolic OH excluding ortho intramolecular Hbond substituents is 1. The van der Waals surface area contributed by atoms with Crippen molar-refractivity contribution in [1.82, 2.24) is 41.7 Å². The summed E-state index contributed by atoms with van der Waals surface area (Å²) in [5, 5.41) is 25.0. The summed E-state index contributed by atoms with van der Waals surface area (Å²) in [6.45, 7) is -1.30. The highest BCUT2D eigenvalue weighted by Crippen LogP contribution is 2.26. The summed E-state index contributed by atoms with van der Waals surface area (Å²) >= 11 is 0. The fourth-order valence-electron chi connectivity index (χ4n) is 7.84. The molecule has 75 heavy (non-hydrogen) atoms. The second-order valence-corrected chi connectivity index (χ2v) is 20.1. The van der Waals surface area contributed by atoms with Gasteiger partial charge >= 0.3 is 0 Å². The molecule has 0 spiro atoms. The van der Waals surface area contributed by atoms with E-state index in [4.69, 9.17) is 34.4 Å². The van der Waals surface area contributed by atoms with Crippen LogP contribution in [0.3, 0.4) is 0 Å². The molecule has 11 amide bonds. The zero-order valence-electron chi connectivity index (χ0n) is 40.9. The molecular weight excluding hydrogens is 1020 g/mol. The number of carbonyl (C=O) groups excluding carboxylic acids is 11. The number of likely N-dealkylation sites (tertiary alicyclic amines) is 1. The van der Waals surface area contributed by atoms with Gasteiger partial charge in [-0.3, -0.25) is 57.7 Å². The number of guanidine groups is 1. The van der Waals surface area contributed by atoms with Crippen LogP contribution in [0, 0.1) is 0 Å². The Balaban J connectivity index is 1.70. The van der Waals surface area contributed by atoms with Crippen molar-refractivity contribution < 1.29 is 57.8 Å². The Morgan fingerprint density at radius 1 is 0.773 bits per heavy atom. The predicted octanol–water partition coefficient (Wildman–Crippen LogP) is -5.10. The molecule has 408 valence electrons. The van der Waals surface area contributed by atoms with Crippen molar-refractivity contribution in [3.05, 3.63) is 65.7 Å². The van der Waals surface area contributed by atoms with Crippen LogP contribution in [0.2, 0.25) is 0 Å². The quantitative estimate of drug-likeness (QED) is 0.0271. The molecule has 2 aromatic carbocycles. The molecule has 29 heteroatoms. The van der Waals surface area contributed by atoms with E-state index in [1.165, 1.54) is 29.2 Å². The van der Waals surface area contributed by atoms with Gasteiger partial charge in [-0.05, 0) is 55.4 Å². The van der Waals surface area contributed by atoms with Gasteiger partial charge in [-0.15, -0.1) is 0 Å². The van der Waals surface area contributed by atoms with Crippen molar-refractivity contribution in [3.63, 3.8) is 0 Å². The lowest BCUT2D eigenvalue weighted by Gasteiger charge is -2.31. The SMILES string of the molecule is NC(=O)CC[C@@H]1NC(=O)CN(Cc2ccccc2)C(=O)[C@H](Cc2ccc(O)cc2)NC(=O)[C@H](N)CSSC[C@@H](C(=O)N2CCC[C@H]2C(=O)N[C@@H](CCCN=C(N)N)C(=O)NCC(N)=O)NC(=O)[C@H](CC(N)=O)NC1=O. The summed E-state index contributed by atoms with van der Waals surface area (Å²) in [6, 6.07) is 4.46. The molecule has 4 rings (SSSR count). The number of phenols is 1. The fraction of sp³-hybridized carbons (Fsp3) is 0.478. The number of hydrogen-bond acceptors (Lipinski definition) is 16. The molecule has 0 aromatic heterocycles. The second kappa shape index (κ2) is 29.9. The third-order valence-electron chi connectivity index (χ3n) is 11.6. The first kappa shape index (κ1) is 59.9. The zero-order valence-corrected chi connectivity index (χ0v) is 42.5. The van der Waals surface area contributed by atoms with Crippen LogP contribution in [0.25, 0.3) is 0 Å². The minimum atomic E-state index is -1.79. The third-order valence-corrected chi connectivity index (χ3v) is 14.0. The number of primary amides is 3. The lowest BCUT2D eigenvalue weighted by molar-refractivity contribution is -0.142. The number of aromatic hydroxyl groups is 1. The molecule has 0 aliphatic carbocycles. The van der Waals surface area contributed by atoms with Crippen molar-refractivity contribution in [3.8, 4) is 5.75 Å². The first-order valence-corrected chi connectivity index (χ1v) is 26.2. The zero-order chi connectivity index (χ0) is 55.2. The number of amides is 11.